The third-order valence-corrected chi connectivity index (χ3v) is 20.6. The van der Waals surface area contributed by atoms with Gasteiger partial charge in [-0.2, -0.15) is 0 Å². The Morgan fingerprint density at radius 2 is 1.12 bits per heavy atom. The fourth-order valence-corrected chi connectivity index (χ4v) is 18.7. The smallest absolute Gasteiger partial charge is 1.00 e. The number of hydrogen-bond donors (Lipinski definition) is 0. The zero-order valence-corrected chi connectivity index (χ0v) is 35.3. The van der Waals surface area contributed by atoms with Gasteiger partial charge >= 0.3 is 306 Å². The summed E-state index contributed by atoms with van der Waals surface area (Å²) in [5.74, 6) is -0.261. The molecule has 0 bridgehead atoms. The van der Waals surface area contributed by atoms with Gasteiger partial charge < -0.3 is 24.8 Å². The molecule has 52 heavy (non-hydrogen) atoms. The van der Waals surface area contributed by atoms with Crippen LogP contribution in [0.2, 0.25) is 0 Å². The molecule has 266 valence electrons. The van der Waals surface area contributed by atoms with Crippen LogP contribution in [0.4, 0.5) is 8.78 Å². The summed E-state index contributed by atoms with van der Waals surface area (Å²) in [5.41, 5.74) is 16.8. The average Bonchev–Trinajstić information content (AvgIpc) is 3.57. The summed E-state index contributed by atoms with van der Waals surface area (Å²) >= 11 is -3.25. The first-order valence-electron chi connectivity index (χ1n) is 18.1. The molecule has 0 radical (unpaired) electrons. The van der Waals surface area contributed by atoms with Gasteiger partial charge in [-0.25, -0.2) is 0 Å². The Kier molecular flexibility index (Phi) is 10.5. The fourth-order valence-electron chi connectivity index (χ4n) is 9.14. The van der Waals surface area contributed by atoms with Crippen molar-refractivity contribution in [2.75, 3.05) is 0 Å². The van der Waals surface area contributed by atoms with Crippen LogP contribution < -0.4 is 24.8 Å². The van der Waals surface area contributed by atoms with E-state index < -0.39 is 21.3 Å². The first kappa shape index (κ1) is 38.7. The van der Waals surface area contributed by atoms with Gasteiger partial charge in [0.05, 0.1) is 0 Å². The predicted molar refractivity (Wildman–Crippen MR) is 203 cm³/mol. The van der Waals surface area contributed by atoms with Crippen molar-refractivity contribution in [3.8, 4) is 11.1 Å². The molecule has 4 aliphatic rings. The van der Waals surface area contributed by atoms with E-state index >= 15 is 8.78 Å². The van der Waals surface area contributed by atoms with Gasteiger partial charge in [0.15, 0.2) is 0 Å². The van der Waals surface area contributed by atoms with E-state index in [0.29, 0.717) is 0 Å². The predicted octanol–water partition coefficient (Wildman–Crippen LogP) is 6.58. The summed E-state index contributed by atoms with van der Waals surface area (Å²) in [5, 5.41) is 0. The second kappa shape index (κ2) is 14.0. The first-order chi connectivity index (χ1) is 23.7. The Labute approximate surface area is 328 Å². The quantitative estimate of drug-likeness (QED) is 0.219. The summed E-state index contributed by atoms with van der Waals surface area (Å²) in [6.45, 7) is 18.5. The summed E-state index contributed by atoms with van der Waals surface area (Å²) in [7, 11) is 0. The zero-order chi connectivity index (χ0) is 35.3. The molecule has 0 heterocycles. The molecule has 0 saturated heterocycles. The van der Waals surface area contributed by atoms with Crippen molar-refractivity contribution in [3.63, 3.8) is 0 Å². The van der Waals surface area contributed by atoms with Crippen LogP contribution in [0, 0.1) is 17.6 Å². The molecule has 0 aliphatic heterocycles. The van der Waals surface area contributed by atoms with Gasteiger partial charge in [0, 0.05) is 0 Å². The molecule has 0 fully saturated rings. The number of benzene rings is 4. The molecule has 0 nitrogen and oxygen atoms in total. The second-order valence-electron chi connectivity index (χ2n) is 16.5. The molecule has 8 rings (SSSR count). The first-order valence-corrected chi connectivity index (χ1v) is 22.0. The van der Waals surface area contributed by atoms with E-state index in [4.69, 9.17) is 0 Å². The Balaban J connectivity index is 0.00000232. The van der Waals surface area contributed by atoms with Crippen molar-refractivity contribution in [2.24, 2.45) is 5.92 Å². The minimum atomic E-state index is -3.25. The van der Waals surface area contributed by atoms with E-state index in [1.807, 2.05) is 12.1 Å². The number of halogens is 4. The van der Waals surface area contributed by atoms with Crippen LogP contribution >= 0.6 is 0 Å². The number of hydrogen-bond acceptors (Lipinski definition) is 0. The molecule has 4 aliphatic carbocycles. The van der Waals surface area contributed by atoms with E-state index in [9.17, 15) is 0 Å². The molecule has 1 atom stereocenters. The number of allylic oxidation sites excluding steroid dienone is 8. The van der Waals surface area contributed by atoms with Crippen molar-refractivity contribution in [1.29, 1.82) is 0 Å². The molecule has 4 aromatic rings. The van der Waals surface area contributed by atoms with Gasteiger partial charge in [-0.3, -0.25) is 0 Å². The Morgan fingerprint density at radius 3 is 1.52 bits per heavy atom. The van der Waals surface area contributed by atoms with Crippen molar-refractivity contribution in [2.45, 2.75) is 82.7 Å². The average molecular weight is 811 g/mol. The Hall–Kier alpha value is -2.97. The second-order valence-corrected chi connectivity index (χ2v) is 22.6. The maximum absolute atomic E-state index is 15.3. The minimum absolute atomic E-state index is 0. The van der Waals surface area contributed by atoms with Crippen molar-refractivity contribution in [3.05, 3.63) is 162 Å². The zero-order valence-electron chi connectivity index (χ0n) is 31.3. The summed E-state index contributed by atoms with van der Waals surface area (Å²) in [6, 6.07) is 24.3. The van der Waals surface area contributed by atoms with E-state index in [1.54, 1.807) is 12.1 Å². The maximum Gasteiger partial charge on any atom is -1.00 e. The Morgan fingerprint density at radius 1 is 0.654 bits per heavy atom. The van der Waals surface area contributed by atoms with Crippen LogP contribution in [0.15, 0.2) is 106 Å². The maximum atomic E-state index is 15.3. The minimum Gasteiger partial charge on any atom is -1.00 e. The van der Waals surface area contributed by atoms with Gasteiger partial charge in [-0.15, -0.1) is 0 Å². The van der Waals surface area contributed by atoms with Crippen LogP contribution in [0.1, 0.15) is 116 Å². The normalized spacial score (nSPS) is 18.8. The van der Waals surface area contributed by atoms with Gasteiger partial charge in [0.2, 0.25) is 0 Å². The molecule has 0 aromatic heterocycles. The SMILES string of the molecule is CC1=CC(C)[C]([Zr+2](=[C](c2cccc(F)c2)c2cccc(F)c2)[CH]2c3cc4c(cc3-c3cc5c(cc32)C(C)(C)CC=C5C)C(C)=CCC4(C)C)=C1.[Cl-].[Cl-]. The largest absolute Gasteiger partial charge is 1.00 e. The van der Waals surface area contributed by atoms with Crippen molar-refractivity contribution >= 4 is 14.4 Å². The van der Waals surface area contributed by atoms with Crippen LogP contribution in [0.25, 0.3) is 22.3 Å². The molecule has 0 saturated carbocycles. The summed E-state index contributed by atoms with van der Waals surface area (Å²) in [6.07, 6.45) is 11.6. The van der Waals surface area contributed by atoms with Crippen LogP contribution in [-0.2, 0) is 32.1 Å². The summed E-state index contributed by atoms with van der Waals surface area (Å²) in [4.78, 5) is 0. The molecule has 0 N–H and O–H groups in total. The monoisotopic (exact) mass is 808 g/mol. The topological polar surface area (TPSA) is 0 Å². The molecule has 0 amide bonds. The molecule has 5 heteroatoms. The number of fused-ring (bicyclic) bond motifs is 5. The van der Waals surface area contributed by atoms with Crippen molar-refractivity contribution in [1.82, 2.24) is 0 Å². The molecule has 0 spiro atoms. The molecular formula is C47H46Cl2F2Zr. The van der Waals surface area contributed by atoms with E-state index in [0.717, 1.165) is 27.2 Å². The summed E-state index contributed by atoms with van der Waals surface area (Å²) < 4.78 is 33.3. The third kappa shape index (κ3) is 6.38. The van der Waals surface area contributed by atoms with Crippen molar-refractivity contribution < 1.29 is 54.9 Å². The van der Waals surface area contributed by atoms with Crippen LogP contribution in [0.5, 0.6) is 0 Å². The molecule has 4 aromatic carbocycles. The number of rotatable bonds is 4. The van der Waals surface area contributed by atoms with Gasteiger partial charge in [-0.05, 0) is 0 Å². The van der Waals surface area contributed by atoms with E-state index in [1.165, 1.54) is 76.6 Å². The van der Waals surface area contributed by atoms with Gasteiger partial charge in [0.1, 0.15) is 0 Å². The van der Waals surface area contributed by atoms with E-state index in [-0.39, 0.29) is 56.8 Å². The molecule has 1 unspecified atom stereocenters. The van der Waals surface area contributed by atoms with Gasteiger partial charge in [0.25, 0.3) is 0 Å². The Bertz CT molecular complexity index is 2160. The fraction of sp³-hybridized carbons (Fsp3) is 0.298. The third-order valence-electron chi connectivity index (χ3n) is 11.9. The molecular weight excluding hydrogens is 765 g/mol. The van der Waals surface area contributed by atoms with E-state index in [2.05, 4.69) is 116 Å². The van der Waals surface area contributed by atoms with Crippen LogP contribution in [0.3, 0.4) is 0 Å². The van der Waals surface area contributed by atoms with Gasteiger partial charge in [-0.1, -0.05) is 0 Å². The standard InChI is InChI=1S/C27H29.C13H8F2.C7H9.2ClH.Zr/c1-16-7-9-26(3,4)24-12-18-11-19-13-25-21(17(2)8-10-27(25,5)6)15-23(19)22(18)14-20(16)24;14-12-5-1-3-10(8-12)7-11-4-2-6-13(15)9-11;1-6-3-4-7(2)5-6;;;/h7-8,11-15H,9-10H2,1-6H3;1-6,8-9H;3,5,7H,1-2H3;2*1H;/q;;;;;+2/p-2. The van der Waals surface area contributed by atoms with Crippen LogP contribution in [-0.4, -0.2) is 3.21 Å².